The van der Waals surface area contributed by atoms with Gasteiger partial charge in [0.2, 0.25) is 5.91 Å². The van der Waals surface area contributed by atoms with Crippen LogP contribution in [-0.4, -0.2) is 29.3 Å². The third kappa shape index (κ3) is 5.45. The Labute approximate surface area is 164 Å². The van der Waals surface area contributed by atoms with E-state index in [1.807, 2.05) is 0 Å². The van der Waals surface area contributed by atoms with Crippen LogP contribution in [0.5, 0.6) is 0 Å². The van der Waals surface area contributed by atoms with E-state index in [0.717, 1.165) is 17.7 Å². The van der Waals surface area contributed by atoms with E-state index < -0.39 is 10.8 Å². The van der Waals surface area contributed by atoms with Gasteiger partial charge in [0, 0.05) is 33.0 Å². The highest BCUT2D eigenvalue weighted by Gasteiger charge is 2.24. The van der Waals surface area contributed by atoms with Gasteiger partial charge in [0.05, 0.1) is 17.0 Å². The first-order valence-electron chi connectivity index (χ1n) is 8.22. The van der Waals surface area contributed by atoms with Crippen molar-refractivity contribution >= 4 is 40.9 Å². The number of hydrogen-bond acceptors (Lipinski definition) is 5. The van der Waals surface area contributed by atoms with Crippen molar-refractivity contribution in [3.8, 4) is 0 Å². The Hall–Kier alpha value is -2.58. The maximum absolute atomic E-state index is 12.5. The van der Waals surface area contributed by atoms with Crippen LogP contribution in [0.4, 0.5) is 5.69 Å². The Kier molecular flexibility index (Phi) is 5.98. The van der Waals surface area contributed by atoms with Crippen LogP contribution in [0.25, 0.3) is 0 Å². The summed E-state index contributed by atoms with van der Waals surface area (Å²) in [6.45, 7) is -0.178. The highest BCUT2D eigenvalue weighted by atomic mass is 35.5. The molecule has 0 saturated heterocycles. The maximum Gasteiger partial charge on any atom is 0.270 e. The number of rotatable bonds is 7. The molecule has 1 aliphatic rings. The number of carbonyl (C=O) groups excluding carboxylic acids is 2. The zero-order valence-electron chi connectivity index (χ0n) is 14.1. The van der Waals surface area contributed by atoms with E-state index in [1.54, 1.807) is 24.3 Å². The van der Waals surface area contributed by atoms with Gasteiger partial charge in [0.25, 0.3) is 11.6 Å². The molecule has 2 N–H and O–H groups in total. The standard InChI is InChI=1S/C18H16ClN3O4S/c19-11-1-6-14(7-2-11)27-16-8-5-13(22(25)26)9-15(16)18(24)20-10-17(23)21-12-3-4-12/h1-2,5-9,12H,3-4,10H2,(H,20,24)(H,21,23). The molecular weight excluding hydrogens is 390 g/mol. The van der Waals surface area contributed by atoms with Crippen LogP contribution in [0.1, 0.15) is 23.2 Å². The second-order valence-corrected chi connectivity index (χ2v) is 7.57. The summed E-state index contributed by atoms with van der Waals surface area (Å²) in [7, 11) is 0. The van der Waals surface area contributed by atoms with Gasteiger partial charge in [-0.1, -0.05) is 23.4 Å². The number of amides is 2. The molecule has 3 rings (SSSR count). The lowest BCUT2D eigenvalue weighted by atomic mass is 10.2. The average Bonchev–Trinajstić information content (AvgIpc) is 3.45. The average molecular weight is 406 g/mol. The highest BCUT2D eigenvalue weighted by Crippen LogP contribution is 2.33. The second kappa shape index (κ2) is 8.41. The van der Waals surface area contributed by atoms with Crippen LogP contribution < -0.4 is 10.6 Å². The number of carbonyl (C=O) groups is 2. The first-order chi connectivity index (χ1) is 12.9. The third-order valence-corrected chi connectivity index (χ3v) is 5.15. The molecule has 0 unspecified atom stereocenters. The normalized spacial score (nSPS) is 13.1. The van der Waals surface area contributed by atoms with Crippen molar-refractivity contribution in [2.24, 2.45) is 0 Å². The van der Waals surface area contributed by atoms with Crippen LogP contribution in [0.15, 0.2) is 52.3 Å². The summed E-state index contributed by atoms with van der Waals surface area (Å²) in [5.74, 6) is -0.815. The van der Waals surface area contributed by atoms with Crippen molar-refractivity contribution in [1.82, 2.24) is 10.6 Å². The molecule has 0 bridgehead atoms. The topological polar surface area (TPSA) is 101 Å². The number of benzene rings is 2. The van der Waals surface area contributed by atoms with Gasteiger partial charge in [0.15, 0.2) is 0 Å². The van der Waals surface area contributed by atoms with Crippen LogP contribution in [0.2, 0.25) is 5.02 Å². The van der Waals surface area contributed by atoms with Crippen LogP contribution in [0, 0.1) is 10.1 Å². The third-order valence-electron chi connectivity index (χ3n) is 3.81. The molecule has 0 aromatic heterocycles. The minimum atomic E-state index is -0.562. The predicted octanol–water partition coefficient (Wildman–Crippen LogP) is 3.41. The van der Waals surface area contributed by atoms with Crippen molar-refractivity contribution in [1.29, 1.82) is 0 Å². The number of nitrogens with zero attached hydrogens (tertiary/aromatic N) is 1. The van der Waals surface area contributed by atoms with Crippen LogP contribution in [0.3, 0.4) is 0 Å². The smallest absolute Gasteiger partial charge is 0.270 e. The Morgan fingerprint density at radius 2 is 1.89 bits per heavy atom. The molecule has 9 heteroatoms. The molecule has 140 valence electrons. The van der Waals surface area contributed by atoms with Gasteiger partial charge >= 0.3 is 0 Å². The zero-order chi connectivity index (χ0) is 19.4. The van der Waals surface area contributed by atoms with Crippen molar-refractivity contribution < 1.29 is 14.5 Å². The molecule has 0 atom stereocenters. The minimum absolute atomic E-state index is 0.142. The monoisotopic (exact) mass is 405 g/mol. The molecule has 27 heavy (non-hydrogen) atoms. The van der Waals surface area contributed by atoms with Gasteiger partial charge in [-0.3, -0.25) is 19.7 Å². The minimum Gasteiger partial charge on any atom is -0.352 e. The molecule has 0 radical (unpaired) electrons. The Morgan fingerprint density at radius 3 is 2.52 bits per heavy atom. The van der Waals surface area contributed by atoms with Crippen molar-refractivity contribution in [2.45, 2.75) is 28.7 Å². The van der Waals surface area contributed by atoms with Gasteiger partial charge in [-0.25, -0.2) is 0 Å². The number of hydrogen-bond donors (Lipinski definition) is 2. The van der Waals surface area contributed by atoms with Gasteiger partial charge in [0.1, 0.15) is 0 Å². The molecule has 2 aromatic carbocycles. The fourth-order valence-corrected chi connectivity index (χ4v) is 3.34. The van der Waals surface area contributed by atoms with E-state index in [1.165, 1.54) is 30.0 Å². The Balaban J connectivity index is 1.77. The molecule has 0 heterocycles. The molecule has 1 fully saturated rings. The molecule has 1 aliphatic carbocycles. The van der Waals surface area contributed by atoms with Crippen LogP contribution >= 0.6 is 23.4 Å². The molecule has 2 amide bonds. The fraction of sp³-hybridized carbons (Fsp3) is 0.222. The summed E-state index contributed by atoms with van der Waals surface area (Å²) in [4.78, 5) is 36.2. The van der Waals surface area contributed by atoms with Crippen molar-refractivity contribution in [2.75, 3.05) is 6.54 Å². The fourth-order valence-electron chi connectivity index (χ4n) is 2.29. The predicted molar refractivity (Wildman–Crippen MR) is 102 cm³/mol. The van der Waals surface area contributed by atoms with E-state index in [2.05, 4.69) is 10.6 Å². The lowest BCUT2D eigenvalue weighted by Gasteiger charge is -2.10. The van der Waals surface area contributed by atoms with Gasteiger partial charge in [-0.05, 0) is 43.2 Å². The van der Waals surface area contributed by atoms with Gasteiger partial charge < -0.3 is 10.6 Å². The van der Waals surface area contributed by atoms with Crippen molar-refractivity contribution in [3.63, 3.8) is 0 Å². The molecule has 1 saturated carbocycles. The number of halogens is 1. The lowest BCUT2D eigenvalue weighted by molar-refractivity contribution is -0.384. The summed E-state index contributed by atoms with van der Waals surface area (Å²) in [5.41, 5.74) is -0.0496. The molecule has 2 aromatic rings. The van der Waals surface area contributed by atoms with E-state index in [9.17, 15) is 19.7 Å². The lowest BCUT2D eigenvalue weighted by Crippen LogP contribution is -2.38. The second-order valence-electron chi connectivity index (χ2n) is 6.02. The van der Waals surface area contributed by atoms with Gasteiger partial charge in [-0.2, -0.15) is 0 Å². The summed E-state index contributed by atoms with van der Waals surface area (Å²) >= 11 is 7.16. The summed E-state index contributed by atoms with van der Waals surface area (Å²) in [5, 5.41) is 16.9. The highest BCUT2D eigenvalue weighted by molar-refractivity contribution is 7.99. The van der Waals surface area contributed by atoms with E-state index in [-0.39, 0.29) is 29.7 Å². The number of nitro groups is 1. The molecule has 0 aliphatic heterocycles. The van der Waals surface area contributed by atoms with Gasteiger partial charge in [-0.15, -0.1) is 0 Å². The summed E-state index contributed by atoms with van der Waals surface area (Å²) in [6.07, 6.45) is 1.90. The molecule has 7 nitrogen and oxygen atoms in total. The maximum atomic E-state index is 12.5. The summed E-state index contributed by atoms with van der Waals surface area (Å²) in [6, 6.07) is 11.3. The van der Waals surface area contributed by atoms with E-state index in [0.29, 0.717) is 9.92 Å². The molecular formula is C18H16ClN3O4S. The molecule has 0 spiro atoms. The van der Waals surface area contributed by atoms with E-state index >= 15 is 0 Å². The largest absolute Gasteiger partial charge is 0.352 e. The van der Waals surface area contributed by atoms with Crippen LogP contribution in [-0.2, 0) is 4.79 Å². The zero-order valence-corrected chi connectivity index (χ0v) is 15.7. The SMILES string of the molecule is O=C(CNC(=O)c1cc([N+](=O)[O-])ccc1Sc1ccc(Cl)cc1)NC1CC1. The Bertz CT molecular complexity index is 885. The first-order valence-corrected chi connectivity index (χ1v) is 9.41. The Morgan fingerprint density at radius 1 is 1.19 bits per heavy atom. The first kappa shape index (κ1) is 19.2. The number of non-ortho nitro benzene ring substituents is 1. The van der Waals surface area contributed by atoms with Crippen molar-refractivity contribution in [3.05, 3.63) is 63.2 Å². The number of nitrogens with one attached hydrogen (secondary N) is 2. The number of nitro benzene ring substituents is 1. The van der Waals surface area contributed by atoms with E-state index in [4.69, 9.17) is 11.6 Å². The summed E-state index contributed by atoms with van der Waals surface area (Å²) < 4.78 is 0. The quantitative estimate of drug-likeness (QED) is 0.543.